The highest BCUT2D eigenvalue weighted by atomic mass is 15.1. The molecule has 9 rings (SSSR count). The van der Waals surface area contributed by atoms with Crippen LogP contribution in [-0.2, 0) is 0 Å². The Morgan fingerprint density at radius 1 is 0.451 bits per heavy atom. The van der Waals surface area contributed by atoms with Crippen molar-refractivity contribution in [1.29, 1.82) is 0 Å². The maximum absolute atomic E-state index is 2.41. The van der Waals surface area contributed by atoms with Crippen LogP contribution in [0.3, 0.4) is 0 Å². The molecule has 7 aromatic carbocycles. The molecule has 8 aromatic rings. The Kier molecular flexibility index (Phi) is 7.91. The van der Waals surface area contributed by atoms with Gasteiger partial charge in [0.2, 0.25) is 0 Å². The van der Waals surface area contributed by atoms with Crippen molar-refractivity contribution in [2.75, 3.05) is 4.90 Å². The zero-order valence-corrected chi connectivity index (χ0v) is 28.7. The number of hydrogen-bond donors (Lipinski definition) is 0. The summed E-state index contributed by atoms with van der Waals surface area (Å²) in [5.41, 5.74) is 14.7. The second-order valence-electron chi connectivity index (χ2n) is 13.5. The summed E-state index contributed by atoms with van der Waals surface area (Å²) in [7, 11) is 0. The van der Waals surface area contributed by atoms with Crippen LogP contribution in [0.2, 0.25) is 0 Å². The molecule has 1 atom stereocenters. The standard InChI is InChI=1S/C49H38N2/c1-35-33-40(25-31-45(35)39-15-7-3-8-16-39)38-23-26-42(27-24-38)50(41-17-9-4-10-18-41)44-30-32-47-46-19-11-12-20-48(46)51(49(47)34-44)43-28-21-37(22-29-43)36-13-5-2-6-14-36/h2-32,34-35H,33H2,1H3. The smallest absolute Gasteiger partial charge is 0.0561 e. The van der Waals surface area contributed by atoms with Crippen LogP contribution in [0.4, 0.5) is 17.1 Å². The minimum atomic E-state index is 0.459. The van der Waals surface area contributed by atoms with Crippen molar-refractivity contribution >= 4 is 50.0 Å². The average Bonchev–Trinajstić information content (AvgIpc) is 3.53. The van der Waals surface area contributed by atoms with Crippen LogP contribution in [0.25, 0.3) is 49.8 Å². The molecule has 0 saturated heterocycles. The predicted octanol–water partition coefficient (Wildman–Crippen LogP) is 13.4. The largest absolute Gasteiger partial charge is 0.310 e. The van der Waals surface area contributed by atoms with Crippen molar-refractivity contribution in [1.82, 2.24) is 4.57 Å². The number of nitrogens with zero attached hydrogens (tertiary/aromatic N) is 2. The Bertz CT molecular complexity index is 2520. The van der Waals surface area contributed by atoms with Crippen LogP contribution < -0.4 is 4.90 Å². The van der Waals surface area contributed by atoms with E-state index in [9.17, 15) is 0 Å². The first-order chi connectivity index (χ1) is 25.2. The zero-order chi connectivity index (χ0) is 34.1. The van der Waals surface area contributed by atoms with Gasteiger partial charge in [-0.1, -0.05) is 146 Å². The lowest BCUT2D eigenvalue weighted by Gasteiger charge is -2.26. The Morgan fingerprint density at radius 2 is 1.00 bits per heavy atom. The highest BCUT2D eigenvalue weighted by Gasteiger charge is 2.20. The predicted molar refractivity (Wildman–Crippen MR) is 217 cm³/mol. The van der Waals surface area contributed by atoms with Gasteiger partial charge in [0.1, 0.15) is 0 Å². The summed E-state index contributed by atoms with van der Waals surface area (Å²) in [5.74, 6) is 0.459. The van der Waals surface area contributed by atoms with Gasteiger partial charge in [0.25, 0.3) is 0 Å². The van der Waals surface area contributed by atoms with Crippen molar-refractivity contribution in [3.63, 3.8) is 0 Å². The molecule has 0 spiro atoms. The van der Waals surface area contributed by atoms with E-state index < -0.39 is 0 Å². The molecule has 0 fully saturated rings. The van der Waals surface area contributed by atoms with E-state index in [4.69, 9.17) is 0 Å². The van der Waals surface area contributed by atoms with E-state index in [-0.39, 0.29) is 0 Å². The van der Waals surface area contributed by atoms with E-state index in [0.717, 1.165) is 29.2 Å². The summed E-state index contributed by atoms with van der Waals surface area (Å²) in [6.07, 6.45) is 5.65. The average molecular weight is 655 g/mol. The number of hydrogen-bond acceptors (Lipinski definition) is 1. The minimum Gasteiger partial charge on any atom is -0.310 e. The van der Waals surface area contributed by atoms with Crippen LogP contribution in [-0.4, -0.2) is 4.57 Å². The summed E-state index contributed by atoms with van der Waals surface area (Å²) < 4.78 is 2.41. The van der Waals surface area contributed by atoms with Gasteiger partial charge in [-0.25, -0.2) is 0 Å². The Hall–Kier alpha value is -6.38. The third-order valence-electron chi connectivity index (χ3n) is 10.3. The minimum absolute atomic E-state index is 0.459. The first kappa shape index (κ1) is 30.7. The fourth-order valence-electron chi connectivity index (χ4n) is 7.75. The second kappa shape index (κ2) is 13.2. The molecule has 0 N–H and O–H groups in total. The maximum Gasteiger partial charge on any atom is 0.0561 e. The molecular weight excluding hydrogens is 617 g/mol. The lowest BCUT2D eigenvalue weighted by Crippen LogP contribution is -2.10. The fraction of sp³-hybridized carbons (Fsp3) is 0.0612. The van der Waals surface area contributed by atoms with Gasteiger partial charge in [-0.2, -0.15) is 0 Å². The van der Waals surface area contributed by atoms with E-state index in [1.165, 1.54) is 55.2 Å². The Labute approximate surface area is 299 Å². The molecule has 1 heterocycles. The number of allylic oxidation sites excluding steroid dienone is 4. The summed E-state index contributed by atoms with van der Waals surface area (Å²) >= 11 is 0. The second-order valence-corrected chi connectivity index (χ2v) is 13.5. The van der Waals surface area contributed by atoms with Crippen molar-refractivity contribution in [2.24, 2.45) is 5.92 Å². The van der Waals surface area contributed by atoms with Gasteiger partial charge in [-0.05, 0) is 100 Å². The van der Waals surface area contributed by atoms with E-state index in [1.807, 2.05) is 0 Å². The van der Waals surface area contributed by atoms with Gasteiger partial charge in [0, 0.05) is 33.5 Å². The molecule has 0 bridgehead atoms. The Balaban J connectivity index is 1.12. The first-order valence-corrected chi connectivity index (χ1v) is 17.8. The molecule has 1 aromatic heterocycles. The highest BCUT2D eigenvalue weighted by molar-refractivity contribution is 6.10. The van der Waals surface area contributed by atoms with Gasteiger partial charge < -0.3 is 9.47 Å². The molecule has 0 radical (unpaired) electrons. The quantitative estimate of drug-likeness (QED) is 0.166. The molecule has 244 valence electrons. The molecule has 2 heteroatoms. The number of benzene rings is 7. The van der Waals surface area contributed by atoms with Gasteiger partial charge in [0.05, 0.1) is 11.0 Å². The number of aromatic nitrogens is 1. The first-order valence-electron chi connectivity index (χ1n) is 17.8. The van der Waals surface area contributed by atoms with Crippen LogP contribution in [0.5, 0.6) is 0 Å². The third-order valence-corrected chi connectivity index (χ3v) is 10.3. The van der Waals surface area contributed by atoms with Crippen molar-refractivity contribution in [3.8, 4) is 16.8 Å². The molecule has 1 unspecified atom stereocenters. The molecule has 0 saturated carbocycles. The number of para-hydroxylation sites is 2. The normalized spacial score (nSPS) is 14.3. The molecule has 51 heavy (non-hydrogen) atoms. The van der Waals surface area contributed by atoms with Crippen LogP contribution in [0, 0.1) is 5.92 Å². The number of anilines is 3. The van der Waals surface area contributed by atoms with Gasteiger partial charge >= 0.3 is 0 Å². The van der Waals surface area contributed by atoms with Gasteiger partial charge in [-0.15, -0.1) is 0 Å². The summed E-state index contributed by atoms with van der Waals surface area (Å²) in [5, 5.41) is 2.49. The van der Waals surface area contributed by atoms with Crippen molar-refractivity contribution < 1.29 is 0 Å². The van der Waals surface area contributed by atoms with Crippen molar-refractivity contribution in [2.45, 2.75) is 13.3 Å². The van der Waals surface area contributed by atoms with Crippen LogP contribution in [0.1, 0.15) is 24.5 Å². The summed E-state index contributed by atoms with van der Waals surface area (Å²) in [4.78, 5) is 2.37. The molecule has 1 aliphatic carbocycles. The molecule has 0 amide bonds. The van der Waals surface area contributed by atoms with Gasteiger partial charge in [-0.3, -0.25) is 0 Å². The lowest BCUT2D eigenvalue weighted by molar-refractivity contribution is 0.771. The topological polar surface area (TPSA) is 8.17 Å². The van der Waals surface area contributed by atoms with E-state index >= 15 is 0 Å². The molecule has 0 aliphatic heterocycles. The fourth-order valence-corrected chi connectivity index (χ4v) is 7.75. The van der Waals surface area contributed by atoms with Crippen LogP contribution >= 0.6 is 0 Å². The van der Waals surface area contributed by atoms with Crippen molar-refractivity contribution in [3.05, 3.63) is 205 Å². The summed E-state index contributed by atoms with van der Waals surface area (Å²) in [6, 6.07) is 65.7. The monoisotopic (exact) mass is 654 g/mol. The summed E-state index contributed by atoms with van der Waals surface area (Å²) in [6.45, 7) is 2.34. The molecule has 2 nitrogen and oxygen atoms in total. The number of rotatable bonds is 7. The van der Waals surface area contributed by atoms with Crippen LogP contribution in [0.15, 0.2) is 194 Å². The van der Waals surface area contributed by atoms with Gasteiger partial charge in [0.15, 0.2) is 0 Å². The van der Waals surface area contributed by atoms with E-state index in [2.05, 4.69) is 211 Å². The van der Waals surface area contributed by atoms with E-state index in [0.29, 0.717) is 5.92 Å². The van der Waals surface area contributed by atoms with E-state index in [1.54, 1.807) is 0 Å². The molecular formula is C49H38N2. The lowest BCUT2D eigenvalue weighted by atomic mass is 9.82. The highest BCUT2D eigenvalue weighted by Crippen LogP contribution is 2.41. The number of fused-ring (bicyclic) bond motifs is 3. The SMILES string of the molecule is CC1CC(c2ccc(N(c3ccccc3)c3ccc4c5ccccc5n(-c5ccc(-c6ccccc6)cc5)c4c3)cc2)=CC=C1c1ccccc1. The maximum atomic E-state index is 2.41. The zero-order valence-electron chi connectivity index (χ0n) is 28.7. The molecule has 1 aliphatic rings. The third kappa shape index (κ3) is 5.75. The Morgan fingerprint density at radius 3 is 1.71 bits per heavy atom.